The number of aryl methyl sites for hydroxylation is 1. The molecule has 0 aliphatic heterocycles. The average molecular weight is 451 g/mol. The second kappa shape index (κ2) is 10.2. The third-order valence-corrected chi connectivity index (χ3v) is 6.10. The monoisotopic (exact) mass is 450 g/mol. The van der Waals surface area contributed by atoms with Crippen molar-refractivity contribution in [3.05, 3.63) is 95.6 Å². The van der Waals surface area contributed by atoms with Crippen molar-refractivity contribution in [1.29, 1.82) is 0 Å². The quantitative estimate of drug-likeness (QED) is 0.143. The van der Waals surface area contributed by atoms with E-state index in [-0.39, 0.29) is 11.4 Å². The molecular formula is C29H26F4. The molecule has 4 aromatic rings. The molecule has 0 heterocycles. The van der Waals surface area contributed by atoms with Crippen molar-refractivity contribution in [3.8, 4) is 22.3 Å². The molecule has 4 rings (SSSR count). The van der Waals surface area contributed by atoms with Crippen molar-refractivity contribution in [1.82, 2.24) is 0 Å². The van der Waals surface area contributed by atoms with E-state index >= 15 is 4.39 Å². The highest BCUT2D eigenvalue weighted by Gasteiger charge is 2.13. The maximum Gasteiger partial charge on any atom is 0.194 e. The molecule has 0 aliphatic rings. The molecule has 0 aliphatic carbocycles. The molecule has 0 amide bonds. The van der Waals surface area contributed by atoms with Crippen LogP contribution >= 0.6 is 0 Å². The van der Waals surface area contributed by atoms with Crippen molar-refractivity contribution in [2.45, 2.75) is 45.4 Å². The Balaban J connectivity index is 1.55. The van der Waals surface area contributed by atoms with Crippen LogP contribution in [-0.4, -0.2) is 0 Å². The lowest BCUT2D eigenvalue weighted by atomic mass is 9.96. The van der Waals surface area contributed by atoms with E-state index in [9.17, 15) is 13.2 Å². The van der Waals surface area contributed by atoms with Crippen LogP contribution < -0.4 is 0 Å². The summed E-state index contributed by atoms with van der Waals surface area (Å²) in [7, 11) is 0. The molecule has 4 heteroatoms. The van der Waals surface area contributed by atoms with Crippen LogP contribution in [0.15, 0.2) is 66.7 Å². The van der Waals surface area contributed by atoms with Gasteiger partial charge in [0, 0.05) is 10.9 Å². The number of halogens is 4. The Kier molecular flexibility index (Phi) is 7.12. The first-order chi connectivity index (χ1) is 16.0. The van der Waals surface area contributed by atoms with Gasteiger partial charge in [-0.25, -0.2) is 17.6 Å². The van der Waals surface area contributed by atoms with E-state index in [4.69, 9.17) is 0 Å². The predicted octanol–water partition coefficient (Wildman–Crippen LogP) is 9.24. The van der Waals surface area contributed by atoms with Gasteiger partial charge in [0.25, 0.3) is 0 Å². The van der Waals surface area contributed by atoms with Gasteiger partial charge in [0.1, 0.15) is 5.82 Å². The molecular weight excluding hydrogens is 424 g/mol. The molecule has 0 nitrogen and oxygen atoms in total. The van der Waals surface area contributed by atoms with Crippen molar-refractivity contribution >= 4 is 10.8 Å². The van der Waals surface area contributed by atoms with Gasteiger partial charge < -0.3 is 0 Å². The normalized spacial score (nSPS) is 11.3. The van der Waals surface area contributed by atoms with Crippen LogP contribution in [0.1, 0.15) is 44.6 Å². The Morgan fingerprint density at radius 2 is 1.24 bits per heavy atom. The van der Waals surface area contributed by atoms with Crippen LogP contribution in [0.2, 0.25) is 0 Å². The first-order valence-electron chi connectivity index (χ1n) is 11.4. The largest absolute Gasteiger partial charge is 0.206 e. The first kappa shape index (κ1) is 23.0. The van der Waals surface area contributed by atoms with Gasteiger partial charge in [-0.1, -0.05) is 87.2 Å². The van der Waals surface area contributed by atoms with E-state index < -0.39 is 17.5 Å². The third kappa shape index (κ3) is 5.11. The van der Waals surface area contributed by atoms with Gasteiger partial charge in [-0.15, -0.1) is 0 Å². The van der Waals surface area contributed by atoms with E-state index in [1.807, 2.05) is 18.2 Å². The Morgan fingerprint density at radius 3 is 1.94 bits per heavy atom. The zero-order valence-corrected chi connectivity index (χ0v) is 18.6. The summed E-state index contributed by atoms with van der Waals surface area (Å²) in [5.74, 6) is -4.27. The molecule has 0 fully saturated rings. The van der Waals surface area contributed by atoms with Crippen LogP contribution in [0.4, 0.5) is 17.6 Å². The molecule has 33 heavy (non-hydrogen) atoms. The number of hydrogen-bond acceptors (Lipinski definition) is 0. The average Bonchev–Trinajstić information content (AvgIpc) is 2.82. The number of fused-ring (bicyclic) bond motifs is 1. The smallest absolute Gasteiger partial charge is 0.194 e. The molecule has 0 bridgehead atoms. The minimum atomic E-state index is -1.49. The van der Waals surface area contributed by atoms with Crippen molar-refractivity contribution in [3.63, 3.8) is 0 Å². The maximum absolute atomic E-state index is 15.3. The Morgan fingerprint density at radius 1 is 0.576 bits per heavy atom. The van der Waals surface area contributed by atoms with Gasteiger partial charge in [0.05, 0.1) is 0 Å². The molecule has 170 valence electrons. The zero-order chi connectivity index (χ0) is 23.4. The van der Waals surface area contributed by atoms with Crippen molar-refractivity contribution in [2.75, 3.05) is 0 Å². The second-order valence-electron chi connectivity index (χ2n) is 8.48. The van der Waals surface area contributed by atoms with Gasteiger partial charge in [0.2, 0.25) is 0 Å². The summed E-state index contributed by atoms with van der Waals surface area (Å²) in [6, 6.07) is 18.2. The van der Waals surface area contributed by atoms with E-state index in [0.717, 1.165) is 30.4 Å². The van der Waals surface area contributed by atoms with Gasteiger partial charge in [0.15, 0.2) is 17.5 Å². The van der Waals surface area contributed by atoms with Gasteiger partial charge in [-0.3, -0.25) is 0 Å². The lowest BCUT2D eigenvalue weighted by Gasteiger charge is -2.10. The summed E-state index contributed by atoms with van der Waals surface area (Å²) in [4.78, 5) is 0. The summed E-state index contributed by atoms with van der Waals surface area (Å²) >= 11 is 0. The minimum Gasteiger partial charge on any atom is -0.206 e. The fourth-order valence-electron chi connectivity index (χ4n) is 4.22. The molecule has 0 unspecified atom stereocenters. The van der Waals surface area contributed by atoms with Crippen molar-refractivity contribution < 1.29 is 17.6 Å². The number of unbranched alkanes of at least 4 members (excludes halogenated alkanes) is 4. The van der Waals surface area contributed by atoms with E-state index in [2.05, 4.69) is 13.0 Å². The Hall–Kier alpha value is -3.14. The molecule has 0 saturated heterocycles. The van der Waals surface area contributed by atoms with Crippen LogP contribution in [0.25, 0.3) is 33.0 Å². The summed E-state index contributed by atoms with van der Waals surface area (Å²) in [6.45, 7) is 2.20. The standard InChI is InChI=1S/C29H26F4/c1-2-3-4-5-6-7-19-8-14-25-22(16-19)13-15-24(28(25)32)21-11-9-20(10-12-21)23-17-26(30)29(33)27(31)18-23/h8-18H,2-7H2,1H3. The lowest BCUT2D eigenvalue weighted by Crippen LogP contribution is -1.92. The fourth-order valence-corrected chi connectivity index (χ4v) is 4.22. The highest BCUT2D eigenvalue weighted by atomic mass is 19.2. The summed E-state index contributed by atoms with van der Waals surface area (Å²) in [5.41, 5.74) is 3.06. The zero-order valence-electron chi connectivity index (χ0n) is 18.6. The molecule has 4 aromatic carbocycles. The number of hydrogen-bond donors (Lipinski definition) is 0. The molecule has 0 atom stereocenters. The highest BCUT2D eigenvalue weighted by Crippen LogP contribution is 2.32. The first-order valence-corrected chi connectivity index (χ1v) is 11.4. The molecule has 0 saturated carbocycles. The van der Waals surface area contributed by atoms with Crippen LogP contribution in [-0.2, 0) is 6.42 Å². The second-order valence-corrected chi connectivity index (χ2v) is 8.48. The number of benzene rings is 4. The summed E-state index contributed by atoms with van der Waals surface area (Å²) in [5, 5.41) is 1.44. The van der Waals surface area contributed by atoms with Gasteiger partial charge in [-0.2, -0.15) is 0 Å². The topological polar surface area (TPSA) is 0 Å². The lowest BCUT2D eigenvalue weighted by molar-refractivity contribution is 0.448. The Labute approximate surface area is 191 Å². The molecule has 0 spiro atoms. The summed E-state index contributed by atoms with van der Waals surface area (Å²) < 4.78 is 55.6. The molecule has 0 N–H and O–H groups in total. The van der Waals surface area contributed by atoms with Crippen LogP contribution in [0.3, 0.4) is 0 Å². The minimum absolute atomic E-state index is 0.221. The fraction of sp³-hybridized carbons (Fsp3) is 0.241. The molecule has 0 aromatic heterocycles. The third-order valence-electron chi connectivity index (χ3n) is 6.10. The van der Waals surface area contributed by atoms with Crippen molar-refractivity contribution in [2.24, 2.45) is 0 Å². The molecule has 0 radical (unpaired) electrons. The SMILES string of the molecule is CCCCCCCc1ccc2c(F)c(-c3ccc(-c4cc(F)c(F)c(F)c4)cc3)ccc2c1. The van der Waals surface area contributed by atoms with Gasteiger partial charge >= 0.3 is 0 Å². The predicted molar refractivity (Wildman–Crippen MR) is 127 cm³/mol. The van der Waals surface area contributed by atoms with E-state index in [1.165, 1.54) is 31.2 Å². The maximum atomic E-state index is 15.3. The van der Waals surface area contributed by atoms with E-state index in [1.54, 1.807) is 30.3 Å². The van der Waals surface area contributed by atoms with Crippen LogP contribution in [0, 0.1) is 23.3 Å². The van der Waals surface area contributed by atoms with E-state index in [0.29, 0.717) is 22.1 Å². The van der Waals surface area contributed by atoms with Crippen LogP contribution in [0.5, 0.6) is 0 Å². The highest BCUT2D eigenvalue weighted by molar-refractivity contribution is 5.89. The number of rotatable bonds is 8. The summed E-state index contributed by atoms with van der Waals surface area (Å²) in [6.07, 6.45) is 7.10. The Bertz CT molecular complexity index is 1240. The van der Waals surface area contributed by atoms with Gasteiger partial charge in [-0.05, 0) is 52.6 Å².